The van der Waals surface area contributed by atoms with Gasteiger partial charge in [0, 0.05) is 26.2 Å². The highest BCUT2D eigenvalue weighted by Gasteiger charge is 2.17. The first-order valence-electron chi connectivity index (χ1n) is 4.60. The first kappa shape index (κ1) is 10.8. The van der Waals surface area contributed by atoms with E-state index in [0.29, 0.717) is 6.54 Å². The van der Waals surface area contributed by atoms with Gasteiger partial charge in [-0.15, -0.1) is 11.6 Å². The molecule has 1 fully saturated rings. The zero-order chi connectivity index (χ0) is 9.68. The lowest BCUT2D eigenvalue weighted by Crippen LogP contribution is -2.34. The summed E-state index contributed by atoms with van der Waals surface area (Å²) >= 11 is 5.76. The van der Waals surface area contributed by atoms with Crippen molar-refractivity contribution in [2.75, 3.05) is 26.2 Å². The number of ether oxygens (including phenoxy) is 1. The second-order valence-corrected chi connectivity index (χ2v) is 3.92. The Morgan fingerprint density at radius 2 is 2.54 bits per heavy atom. The van der Waals surface area contributed by atoms with E-state index in [1.165, 1.54) is 0 Å². The molecule has 0 N–H and O–H groups in total. The van der Waals surface area contributed by atoms with Gasteiger partial charge in [0.15, 0.2) is 0 Å². The molecule has 1 saturated heterocycles. The Hall–Kier alpha value is -0.300. The van der Waals surface area contributed by atoms with Crippen LogP contribution in [0, 0.1) is 11.3 Å². The highest BCUT2D eigenvalue weighted by atomic mass is 35.5. The van der Waals surface area contributed by atoms with Gasteiger partial charge in [-0.1, -0.05) is 0 Å². The van der Waals surface area contributed by atoms with Crippen molar-refractivity contribution in [3.63, 3.8) is 0 Å². The summed E-state index contributed by atoms with van der Waals surface area (Å²) in [5.41, 5.74) is 0. The second-order valence-electron chi connectivity index (χ2n) is 3.39. The van der Waals surface area contributed by atoms with Crippen LogP contribution in [0.1, 0.15) is 13.3 Å². The van der Waals surface area contributed by atoms with E-state index in [-0.39, 0.29) is 6.10 Å². The molecule has 0 amide bonds. The van der Waals surface area contributed by atoms with Crippen LogP contribution in [0.2, 0.25) is 0 Å². The fraction of sp³-hybridized carbons (Fsp3) is 0.889. The molecule has 0 bridgehead atoms. The van der Waals surface area contributed by atoms with Crippen LogP contribution < -0.4 is 0 Å². The van der Waals surface area contributed by atoms with Crippen LogP contribution in [0.25, 0.3) is 0 Å². The Morgan fingerprint density at radius 3 is 3.23 bits per heavy atom. The highest BCUT2D eigenvalue weighted by molar-refractivity contribution is 6.22. The summed E-state index contributed by atoms with van der Waals surface area (Å²) in [7, 11) is 0. The molecule has 0 aromatic rings. The summed E-state index contributed by atoms with van der Waals surface area (Å²) in [4.78, 5) is 2.19. The Labute approximate surface area is 84.2 Å². The molecule has 1 aliphatic rings. The Bertz CT molecular complexity index is 193. The fourth-order valence-electron chi connectivity index (χ4n) is 1.51. The fourth-order valence-corrected chi connectivity index (χ4v) is 1.71. The van der Waals surface area contributed by atoms with Gasteiger partial charge in [0.1, 0.15) is 5.38 Å². The van der Waals surface area contributed by atoms with E-state index in [4.69, 9.17) is 21.6 Å². The Kier molecular flexibility index (Phi) is 4.51. The molecule has 0 saturated carbocycles. The van der Waals surface area contributed by atoms with Crippen molar-refractivity contribution in [1.29, 1.82) is 5.26 Å². The molecule has 74 valence electrons. The molecule has 0 aromatic carbocycles. The molecule has 0 spiro atoms. The van der Waals surface area contributed by atoms with Gasteiger partial charge >= 0.3 is 0 Å². The number of nitrogens with zero attached hydrogens (tertiary/aromatic N) is 2. The number of alkyl halides is 1. The van der Waals surface area contributed by atoms with Crippen LogP contribution in [0.5, 0.6) is 0 Å². The van der Waals surface area contributed by atoms with E-state index in [0.717, 1.165) is 26.1 Å². The highest BCUT2D eigenvalue weighted by Crippen LogP contribution is 2.07. The average molecular weight is 203 g/mol. The predicted octanol–water partition coefficient (Wildman–Crippen LogP) is 1.23. The van der Waals surface area contributed by atoms with E-state index in [9.17, 15) is 0 Å². The minimum Gasteiger partial charge on any atom is -0.377 e. The largest absolute Gasteiger partial charge is 0.377 e. The number of hydrogen-bond donors (Lipinski definition) is 0. The van der Waals surface area contributed by atoms with E-state index in [1.54, 1.807) is 0 Å². The molecule has 0 aromatic heterocycles. The smallest absolute Gasteiger partial charge is 0.133 e. The average Bonchev–Trinajstić information content (AvgIpc) is 2.30. The second kappa shape index (κ2) is 5.43. The van der Waals surface area contributed by atoms with Crippen LogP contribution in [-0.2, 0) is 4.74 Å². The van der Waals surface area contributed by atoms with Crippen molar-refractivity contribution in [1.82, 2.24) is 4.90 Å². The quantitative estimate of drug-likeness (QED) is 0.632. The lowest BCUT2D eigenvalue weighted by atomic mass is 10.3. The molecule has 2 atom stereocenters. The van der Waals surface area contributed by atoms with Crippen molar-refractivity contribution >= 4 is 11.6 Å². The van der Waals surface area contributed by atoms with Gasteiger partial charge in [0.25, 0.3) is 0 Å². The Balaban J connectivity index is 2.35. The molecule has 0 aliphatic carbocycles. The molecular formula is C9H15ClN2O. The van der Waals surface area contributed by atoms with Crippen molar-refractivity contribution in [3.05, 3.63) is 0 Å². The third kappa shape index (κ3) is 3.95. The van der Waals surface area contributed by atoms with Crippen LogP contribution in [-0.4, -0.2) is 42.6 Å². The topological polar surface area (TPSA) is 36.3 Å². The molecule has 3 nitrogen and oxygen atoms in total. The molecule has 0 radical (unpaired) electrons. The van der Waals surface area contributed by atoms with Crippen LogP contribution >= 0.6 is 11.6 Å². The van der Waals surface area contributed by atoms with Gasteiger partial charge in [0.2, 0.25) is 0 Å². The van der Waals surface area contributed by atoms with E-state index in [1.807, 2.05) is 13.0 Å². The maximum absolute atomic E-state index is 8.56. The molecule has 13 heavy (non-hydrogen) atoms. The zero-order valence-corrected chi connectivity index (χ0v) is 8.63. The van der Waals surface area contributed by atoms with Gasteiger partial charge in [-0.25, -0.2) is 0 Å². The minimum absolute atomic E-state index is 0.255. The van der Waals surface area contributed by atoms with Gasteiger partial charge in [-0.3, -0.25) is 4.90 Å². The summed E-state index contributed by atoms with van der Waals surface area (Å²) in [6, 6.07) is 2.03. The summed E-state index contributed by atoms with van der Waals surface area (Å²) in [5.74, 6) is 0. The van der Waals surface area contributed by atoms with Crippen molar-refractivity contribution < 1.29 is 4.74 Å². The standard InChI is InChI=1S/C9H15ClN2O/c1-8-6-12(3-2-4-13-8)7-9(10)5-11/h8-9H,2-4,6-7H2,1H3. The van der Waals surface area contributed by atoms with E-state index in [2.05, 4.69) is 4.90 Å². The maximum Gasteiger partial charge on any atom is 0.133 e. The predicted molar refractivity (Wildman–Crippen MR) is 51.7 cm³/mol. The van der Waals surface area contributed by atoms with Gasteiger partial charge in [-0.05, 0) is 13.3 Å². The molecule has 2 unspecified atom stereocenters. The lowest BCUT2D eigenvalue weighted by Gasteiger charge is -2.21. The number of halogens is 1. The Morgan fingerprint density at radius 1 is 1.77 bits per heavy atom. The van der Waals surface area contributed by atoms with Crippen LogP contribution in [0.15, 0.2) is 0 Å². The normalized spacial score (nSPS) is 27.6. The van der Waals surface area contributed by atoms with Crippen molar-refractivity contribution in [3.8, 4) is 6.07 Å². The summed E-state index contributed by atoms with van der Waals surface area (Å²) in [6.45, 7) is 5.37. The molecule has 4 heteroatoms. The van der Waals surface area contributed by atoms with Gasteiger partial charge in [-0.2, -0.15) is 5.26 Å². The van der Waals surface area contributed by atoms with Gasteiger partial charge in [0.05, 0.1) is 12.2 Å². The first-order valence-corrected chi connectivity index (χ1v) is 5.03. The third-order valence-corrected chi connectivity index (χ3v) is 2.33. The van der Waals surface area contributed by atoms with Crippen LogP contribution in [0.3, 0.4) is 0 Å². The first-order chi connectivity index (χ1) is 6.22. The zero-order valence-electron chi connectivity index (χ0n) is 7.87. The molecule has 1 heterocycles. The minimum atomic E-state index is -0.398. The molecule has 1 aliphatic heterocycles. The molecular weight excluding hydrogens is 188 g/mol. The SMILES string of the molecule is CC1CN(CC(Cl)C#N)CCCO1. The lowest BCUT2D eigenvalue weighted by molar-refractivity contribution is 0.0681. The summed E-state index contributed by atoms with van der Waals surface area (Å²) in [5, 5.41) is 8.16. The number of rotatable bonds is 2. The van der Waals surface area contributed by atoms with Crippen molar-refractivity contribution in [2.45, 2.75) is 24.8 Å². The maximum atomic E-state index is 8.56. The molecule has 1 rings (SSSR count). The third-order valence-electron chi connectivity index (χ3n) is 2.09. The van der Waals surface area contributed by atoms with Gasteiger partial charge < -0.3 is 4.74 Å². The summed E-state index contributed by atoms with van der Waals surface area (Å²) < 4.78 is 5.48. The monoisotopic (exact) mass is 202 g/mol. The van der Waals surface area contributed by atoms with E-state index < -0.39 is 5.38 Å². The summed E-state index contributed by atoms with van der Waals surface area (Å²) in [6.07, 6.45) is 1.28. The number of nitriles is 1. The number of hydrogen-bond acceptors (Lipinski definition) is 3. The van der Waals surface area contributed by atoms with Crippen molar-refractivity contribution in [2.24, 2.45) is 0 Å². The van der Waals surface area contributed by atoms with Crippen LogP contribution in [0.4, 0.5) is 0 Å². The van der Waals surface area contributed by atoms with E-state index >= 15 is 0 Å².